The molecule has 1 aliphatic rings. The van der Waals surface area contributed by atoms with Crippen LogP contribution in [-0.2, 0) is 6.54 Å². The predicted octanol–water partition coefficient (Wildman–Crippen LogP) is 2.77. The number of rotatable bonds is 6. The van der Waals surface area contributed by atoms with Crippen LogP contribution in [0.1, 0.15) is 37.8 Å². The van der Waals surface area contributed by atoms with E-state index in [1.54, 1.807) is 0 Å². The number of likely N-dealkylation sites (tertiary alicyclic amines) is 1. The van der Waals surface area contributed by atoms with Crippen molar-refractivity contribution in [2.45, 2.75) is 39.3 Å². The van der Waals surface area contributed by atoms with Crippen LogP contribution in [0.5, 0.6) is 0 Å². The first-order chi connectivity index (χ1) is 9.70. The number of hydrogen-bond acceptors (Lipinski definition) is 3. The Balaban J connectivity index is 1.85. The highest BCUT2D eigenvalue weighted by atomic mass is 15.2. The molecule has 3 heteroatoms. The van der Waals surface area contributed by atoms with Gasteiger partial charge in [0.2, 0.25) is 0 Å². The summed E-state index contributed by atoms with van der Waals surface area (Å²) in [5.41, 5.74) is 1.93. The molecule has 0 aliphatic carbocycles. The van der Waals surface area contributed by atoms with Gasteiger partial charge in [-0.1, -0.05) is 26.0 Å². The highest BCUT2D eigenvalue weighted by Crippen LogP contribution is 2.17. The van der Waals surface area contributed by atoms with Crippen molar-refractivity contribution in [3.8, 4) is 6.07 Å². The van der Waals surface area contributed by atoms with Crippen LogP contribution in [0, 0.1) is 17.2 Å². The Kier molecular flexibility index (Phi) is 5.58. The summed E-state index contributed by atoms with van der Waals surface area (Å²) in [6.07, 6.45) is 2.68. The summed E-state index contributed by atoms with van der Waals surface area (Å²) in [6, 6.07) is 10.7. The first-order valence-corrected chi connectivity index (χ1v) is 7.64. The first-order valence-electron chi connectivity index (χ1n) is 7.64. The lowest BCUT2D eigenvalue weighted by Crippen LogP contribution is -2.44. The fraction of sp³-hybridized carbons (Fsp3) is 0.588. The number of nitriles is 1. The van der Waals surface area contributed by atoms with Crippen molar-refractivity contribution in [3.05, 3.63) is 35.4 Å². The molecule has 0 aromatic heterocycles. The van der Waals surface area contributed by atoms with E-state index in [4.69, 9.17) is 5.26 Å². The Bertz CT molecular complexity index is 456. The van der Waals surface area contributed by atoms with E-state index in [2.05, 4.69) is 36.2 Å². The summed E-state index contributed by atoms with van der Waals surface area (Å²) in [5, 5.41) is 12.5. The zero-order valence-corrected chi connectivity index (χ0v) is 12.6. The molecule has 3 nitrogen and oxygen atoms in total. The van der Waals surface area contributed by atoms with Crippen molar-refractivity contribution in [2.75, 3.05) is 19.6 Å². The van der Waals surface area contributed by atoms with Gasteiger partial charge in [0.1, 0.15) is 0 Å². The fourth-order valence-electron chi connectivity index (χ4n) is 2.97. The van der Waals surface area contributed by atoms with E-state index in [-0.39, 0.29) is 0 Å². The Morgan fingerprint density at radius 1 is 1.30 bits per heavy atom. The summed E-state index contributed by atoms with van der Waals surface area (Å²) in [4.78, 5) is 2.61. The average Bonchev–Trinajstić information content (AvgIpc) is 2.97. The topological polar surface area (TPSA) is 39.1 Å². The maximum absolute atomic E-state index is 8.91. The van der Waals surface area contributed by atoms with Crippen LogP contribution in [-0.4, -0.2) is 30.6 Å². The van der Waals surface area contributed by atoms with E-state index in [0.717, 1.165) is 18.7 Å². The molecule has 1 heterocycles. The minimum Gasteiger partial charge on any atom is -0.311 e. The van der Waals surface area contributed by atoms with Crippen LogP contribution in [0.25, 0.3) is 0 Å². The molecule has 1 fully saturated rings. The molecule has 1 aromatic rings. The third-order valence-electron chi connectivity index (χ3n) is 4.12. The Morgan fingerprint density at radius 2 is 2.05 bits per heavy atom. The van der Waals surface area contributed by atoms with Gasteiger partial charge in [-0.3, -0.25) is 4.90 Å². The van der Waals surface area contributed by atoms with E-state index in [9.17, 15) is 0 Å². The SMILES string of the molecule is CC(C)C(CNCc1cccc(C#N)c1)N1CCCC1. The summed E-state index contributed by atoms with van der Waals surface area (Å²) in [5.74, 6) is 0.672. The fourth-order valence-corrected chi connectivity index (χ4v) is 2.97. The molecule has 1 N–H and O–H groups in total. The second kappa shape index (κ2) is 7.42. The van der Waals surface area contributed by atoms with Gasteiger partial charge in [0.15, 0.2) is 0 Å². The van der Waals surface area contributed by atoms with E-state index in [1.807, 2.05) is 18.2 Å². The Hall–Kier alpha value is -1.37. The highest BCUT2D eigenvalue weighted by molar-refractivity contribution is 5.32. The molecule has 0 amide bonds. The quantitative estimate of drug-likeness (QED) is 0.864. The third kappa shape index (κ3) is 4.06. The molecular weight excluding hydrogens is 246 g/mol. The lowest BCUT2D eigenvalue weighted by Gasteiger charge is -2.31. The van der Waals surface area contributed by atoms with Crippen LogP contribution in [0.2, 0.25) is 0 Å². The van der Waals surface area contributed by atoms with E-state index >= 15 is 0 Å². The molecule has 1 unspecified atom stereocenters. The zero-order valence-electron chi connectivity index (χ0n) is 12.6. The molecule has 0 saturated carbocycles. The van der Waals surface area contributed by atoms with Crippen LogP contribution in [0.3, 0.4) is 0 Å². The van der Waals surface area contributed by atoms with E-state index in [0.29, 0.717) is 12.0 Å². The monoisotopic (exact) mass is 271 g/mol. The van der Waals surface area contributed by atoms with Gasteiger partial charge in [0.05, 0.1) is 11.6 Å². The summed E-state index contributed by atoms with van der Waals surface area (Å²) in [7, 11) is 0. The third-order valence-corrected chi connectivity index (χ3v) is 4.12. The summed E-state index contributed by atoms with van der Waals surface area (Å²) >= 11 is 0. The molecule has 1 atom stereocenters. The zero-order chi connectivity index (χ0) is 14.4. The minimum atomic E-state index is 0.622. The Labute approximate surface area is 122 Å². The lowest BCUT2D eigenvalue weighted by molar-refractivity contribution is 0.186. The molecule has 1 aromatic carbocycles. The van der Waals surface area contributed by atoms with Gasteiger partial charge in [-0.25, -0.2) is 0 Å². The smallest absolute Gasteiger partial charge is 0.0991 e. The number of nitrogens with zero attached hydrogens (tertiary/aromatic N) is 2. The molecule has 0 radical (unpaired) electrons. The number of nitrogens with one attached hydrogen (secondary N) is 1. The van der Waals surface area contributed by atoms with Crippen LogP contribution in [0.15, 0.2) is 24.3 Å². The molecule has 2 rings (SSSR count). The van der Waals surface area contributed by atoms with Gasteiger partial charge in [-0.15, -0.1) is 0 Å². The molecule has 1 saturated heterocycles. The maximum atomic E-state index is 8.91. The van der Waals surface area contributed by atoms with Crippen LogP contribution >= 0.6 is 0 Å². The Morgan fingerprint density at radius 3 is 2.70 bits per heavy atom. The van der Waals surface area contributed by atoms with E-state index in [1.165, 1.54) is 31.5 Å². The highest BCUT2D eigenvalue weighted by Gasteiger charge is 2.23. The molecule has 20 heavy (non-hydrogen) atoms. The van der Waals surface area contributed by atoms with Crippen molar-refractivity contribution >= 4 is 0 Å². The van der Waals surface area contributed by atoms with E-state index < -0.39 is 0 Å². The minimum absolute atomic E-state index is 0.622. The van der Waals surface area contributed by atoms with Crippen molar-refractivity contribution in [1.82, 2.24) is 10.2 Å². The maximum Gasteiger partial charge on any atom is 0.0991 e. The molecule has 0 spiro atoms. The number of benzene rings is 1. The van der Waals surface area contributed by atoms with Crippen molar-refractivity contribution in [1.29, 1.82) is 5.26 Å². The van der Waals surface area contributed by atoms with Crippen LogP contribution in [0.4, 0.5) is 0 Å². The molecular formula is C17H25N3. The largest absolute Gasteiger partial charge is 0.311 e. The molecule has 0 bridgehead atoms. The van der Waals surface area contributed by atoms with Crippen molar-refractivity contribution in [3.63, 3.8) is 0 Å². The number of hydrogen-bond donors (Lipinski definition) is 1. The van der Waals surface area contributed by atoms with Gasteiger partial charge in [0.25, 0.3) is 0 Å². The predicted molar refractivity (Wildman–Crippen MR) is 82.3 cm³/mol. The molecule has 108 valence electrons. The van der Waals surface area contributed by atoms with Gasteiger partial charge in [-0.2, -0.15) is 5.26 Å². The van der Waals surface area contributed by atoms with Gasteiger partial charge >= 0.3 is 0 Å². The standard InChI is InChI=1S/C17H25N3/c1-14(2)17(20-8-3-4-9-20)13-19-12-16-7-5-6-15(10-16)11-18/h5-7,10,14,17,19H,3-4,8-9,12-13H2,1-2H3. The van der Waals surface area contributed by atoms with Crippen molar-refractivity contribution < 1.29 is 0 Å². The lowest BCUT2D eigenvalue weighted by atomic mass is 10.0. The van der Waals surface area contributed by atoms with Crippen molar-refractivity contribution in [2.24, 2.45) is 5.92 Å². The normalized spacial score (nSPS) is 17.3. The summed E-state index contributed by atoms with van der Waals surface area (Å²) < 4.78 is 0. The van der Waals surface area contributed by atoms with Crippen LogP contribution < -0.4 is 5.32 Å². The van der Waals surface area contributed by atoms with Gasteiger partial charge < -0.3 is 5.32 Å². The second-order valence-corrected chi connectivity index (χ2v) is 6.00. The molecule has 1 aliphatic heterocycles. The average molecular weight is 271 g/mol. The van der Waals surface area contributed by atoms with Gasteiger partial charge in [0, 0.05) is 19.1 Å². The first kappa shape index (κ1) is 15.0. The second-order valence-electron chi connectivity index (χ2n) is 6.00. The summed E-state index contributed by atoms with van der Waals surface area (Å²) in [6.45, 7) is 8.96. The van der Waals surface area contributed by atoms with Gasteiger partial charge in [-0.05, 0) is 49.5 Å².